The third-order valence-corrected chi connectivity index (χ3v) is 3.81. The number of amides is 1. The van der Waals surface area contributed by atoms with Crippen molar-refractivity contribution < 1.29 is 9.90 Å². The van der Waals surface area contributed by atoms with E-state index in [2.05, 4.69) is 0 Å². The maximum Gasteiger partial charge on any atom is 0.254 e. The second-order valence-electron chi connectivity index (χ2n) is 5.28. The Hall–Kier alpha value is -1.39. The number of carbonyl (C=O) groups is 1. The Labute approximate surface area is 114 Å². The molecule has 2 unspecified atom stereocenters. The van der Waals surface area contributed by atoms with Gasteiger partial charge in [0.05, 0.1) is 6.10 Å². The molecule has 1 aliphatic rings. The van der Waals surface area contributed by atoms with E-state index in [4.69, 9.17) is 5.73 Å². The van der Waals surface area contributed by atoms with Crippen molar-refractivity contribution in [1.29, 1.82) is 0 Å². The summed E-state index contributed by atoms with van der Waals surface area (Å²) in [5.41, 5.74) is 7.35. The first-order valence-electron chi connectivity index (χ1n) is 6.88. The first kappa shape index (κ1) is 14.0. The molecule has 2 atom stereocenters. The fourth-order valence-corrected chi connectivity index (χ4v) is 2.59. The predicted octanol–water partition coefficient (Wildman–Crippen LogP) is 1.03. The second-order valence-corrected chi connectivity index (χ2v) is 5.28. The zero-order chi connectivity index (χ0) is 13.8. The first-order chi connectivity index (χ1) is 9.13. The highest BCUT2D eigenvalue weighted by Gasteiger charge is 2.28. The lowest BCUT2D eigenvalue weighted by molar-refractivity contribution is 0.0297. The monoisotopic (exact) mass is 262 g/mol. The van der Waals surface area contributed by atoms with Crippen LogP contribution in [0.2, 0.25) is 0 Å². The summed E-state index contributed by atoms with van der Waals surface area (Å²) in [4.78, 5) is 14.4. The van der Waals surface area contributed by atoms with Crippen molar-refractivity contribution in [2.75, 3.05) is 19.6 Å². The molecular formula is C15H22N2O2. The van der Waals surface area contributed by atoms with Gasteiger partial charge >= 0.3 is 0 Å². The number of benzene rings is 1. The maximum atomic E-state index is 12.6. The highest BCUT2D eigenvalue weighted by atomic mass is 16.3. The SMILES string of the molecule is CC1CN(C(=O)c2ccccc2CCN)CCC1O. The summed E-state index contributed by atoms with van der Waals surface area (Å²) in [5, 5.41) is 9.73. The zero-order valence-electron chi connectivity index (χ0n) is 11.4. The van der Waals surface area contributed by atoms with Crippen molar-refractivity contribution in [3.63, 3.8) is 0 Å². The average Bonchev–Trinajstić information content (AvgIpc) is 2.42. The van der Waals surface area contributed by atoms with Gasteiger partial charge in [0, 0.05) is 18.7 Å². The quantitative estimate of drug-likeness (QED) is 0.855. The number of aliphatic hydroxyl groups excluding tert-OH is 1. The van der Waals surface area contributed by atoms with Gasteiger partial charge in [0.1, 0.15) is 0 Å². The Kier molecular flexibility index (Phi) is 4.56. The summed E-state index contributed by atoms with van der Waals surface area (Å²) in [6.45, 7) is 3.77. The predicted molar refractivity (Wildman–Crippen MR) is 74.9 cm³/mol. The van der Waals surface area contributed by atoms with Gasteiger partial charge in [-0.2, -0.15) is 0 Å². The summed E-state index contributed by atoms with van der Waals surface area (Å²) in [7, 11) is 0. The van der Waals surface area contributed by atoms with Crippen molar-refractivity contribution in [2.24, 2.45) is 11.7 Å². The van der Waals surface area contributed by atoms with Crippen LogP contribution in [0.1, 0.15) is 29.3 Å². The molecule has 3 N–H and O–H groups in total. The fraction of sp³-hybridized carbons (Fsp3) is 0.533. The van der Waals surface area contributed by atoms with E-state index in [1.807, 2.05) is 36.1 Å². The standard InChI is InChI=1S/C15H22N2O2/c1-11-10-17(9-7-14(11)18)15(19)13-5-3-2-4-12(13)6-8-16/h2-5,11,14,18H,6-10,16H2,1H3. The topological polar surface area (TPSA) is 66.6 Å². The minimum absolute atomic E-state index is 0.0581. The molecule has 4 heteroatoms. The third kappa shape index (κ3) is 3.14. The van der Waals surface area contributed by atoms with Gasteiger partial charge in [0.15, 0.2) is 0 Å². The van der Waals surface area contributed by atoms with E-state index in [0.29, 0.717) is 32.5 Å². The Morgan fingerprint density at radius 1 is 1.47 bits per heavy atom. The summed E-state index contributed by atoms with van der Waals surface area (Å²) < 4.78 is 0. The van der Waals surface area contributed by atoms with E-state index >= 15 is 0 Å². The molecule has 1 aliphatic heterocycles. The lowest BCUT2D eigenvalue weighted by Crippen LogP contribution is -2.45. The molecule has 0 aliphatic carbocycles. The van der Waals surface area contributed by atoms with Gasteiger partial charge < -0.3 is 15.7 Å². The van der Waals surface area contributed by atoms with Crippen LogP contribution < -0.4 is 5.73 Å². The molecule has 1 saturated heterocycles. The number of likely N-dealkylation sites (tertiary alicyclic amines) is 1. The van der Waals surface area contributed by atoms with Crippen LogP contribution in [-0.2, 0) is 6.42 Å². The van der Waals surface area contributed by atoms with Gasteiger partial charge in [0.2, 0.25) is 0 Å². The van der Waals surface area contributed by atoms with Crippen molar-refractivity contribution in [3.05, 3.63) is 35.4 Å². The summed E-state index contributed by atoms with van der Waals surface area (Å²) in [6, 6.07) is 7.64. The molecule has 1 heterocycles. The Balaban J connectivity index is 2.15. The number of nitrogens with two attached hydrogens (primary N) is 1. The smallest absolute Gasteiger partial charge is 0.254 e. The molecule has 1 fully saturated rings. The largest absolute Gasteiger partial charge is 0.393 e. The minimum Gasteiger partial charge on any atom is -0.393 e. The van der Waals surface area contributed by atoms with Crippen molar-refractivity contribution in [3.8, 4) is 0 Å². The molecule has 0 bridgehead atoms. The first-order valence-corrected chi connectivity index (χ1v) is 6.88. The lowest BCUT2D eigenvalue weighted by Gasteiger charge is -2.34. The van der Waals surface area contributed by atoms with Crippen LogP contribution in [0.5, 0.6) is 0 Å². The number of aliphatic hydroxyl groups is 1. The molecule has 1 aromatic rings. The van der Waals surface area contributed by atoms with E-state index in [1.165, 1.54) is 0 Å². The molecule has 104 valence electrons. The van der Waals surface area contributed by atoms with Crippen LogP contribution >= 0.6 is 0 Å². The van der Waals surface area contributed by atoms with Gasteiger partial charge in [-0.3, -0.25) is 4.79 Å². The molecule has 0 radical (unpaired) electrons. The second kappa shape index (κ2) is 6.17. The summed E-state index contributed by atoms with van der Waals surface area (Å²) >= 11 is 0. The van der Waals surface area contributed by atoms with E-state index in [1.54, 1.807) is 0 Å². The van der Waals surface area contributed by atoms with E-state index in [9.17, 15) is 9.90 Å². The molecule has 0 spiro atoms. The lowest BCUT2D eigenvalue weighted by atomic mass is 9.95. The summed E-state index contributed by atoms with van der Waals surface area (Å²) in [5.74, 6) is 0.196. The number of nitrogens with zero attached hydrogens (tertiary/aromatic N) is 1. The van der Waals surface area contributed by atoms with Gasteiger partial charge in [-0.1, -0.05) is 25.1 Å². The highest BCUT2D eigenvalue weighted by molar-refractivity contribution is 5.95. The van der Waals surface area contributed by atoms with Gasteiger partial charge in [0.25, 0.3) is 5.91 Å². The number of rotatable bonds is 3. The van der Waals surface area contributed by atoms with Gasteiger partial charge in [-0.15, -0.1) is 0 Å². The van der Waals surface area contributed by atoms with Crippen LogP contribution in [0.3, 0.4) is 0 Å². The van der Waals surface area contributed by atoms with Crippen molar-refractivity contribution in [2.45, 2.75) is 25.9 Å². The third-order valence-electron chi connectivity index (χ3n) is 3.81. The number of piperidine rings is 1. The van der Waals surface area contributed by atoms with Crippen LogP contribution in [0.15, 0.2) is 24.3 Å². The van der Waals surface area contributed by atoms with Crippen LogP contribution in [-0.4, -0.2) is 41.7 Å². The van der Waals surface area contributed by atoms with Crippen molar-refractivity contribution in [1.82, 2.24) is 4.90 Å². The molecule has 19 heavy (non-hydrogen) atoms. The fourth-order valence-electron chi connectivity index (χ4n) is 2.59. The number of hydrogen-bond acceptors (Lipinski definition) is 3. The number of carbonyl (C=O) groups excluding carboxylic acids is 1. The number of hydrogen-bond donors (Lipinski definition) is 2. The Morgan fingerprint density at radius 2 is 2.21 bits per heavy atom. The molecule has 0 aromatic heterocycles. The van der Waals surface area contributed by atoms with E-state index < -0.39 is 0 Å². The molecular weight excluding hydrogens is 240 g/mol. The molecule has 4 nitrogen and oxygen atoms in total. The van der Waals surface area contributed by atoms with Crippen molar-refractivity contribution >= 4 is 5.91 Å². The summed E-state index contributed by atoms with van der Waals surface area (Å²) in [6.07, 6.45) is 1.09. The molecule has 1 amide bonds. The Bertz CT molecular complexity index is 448. The van der Waals surface area contributed by atoms with Gasteiger partial charge in [-0.05, 0) is 36.9 Å². The normalized spacial score (nSPS) is 23.4. The van der Waals surface area contributed by atoms with Crippen LogP contribution in [0.25, 0.3) is 0 Å². The highest BCUT2D eigenvalue weighted by Crippen LogP contribution is 2.20. The van der Waals surface area contributed by atoms with Crippen LogP contribution in [0.4, 0.5) is 0 Å². The maximum absolute atomic E-state index is 12.6. The average molecular weight is 262 g/mol. The van der Waals surface area contributed by atoms with E-state index in [0.717, 1.165) is 11.1 Å². The van der Waals surface area contributed by atoms with Gasteiger partial charge in [-0.25, -0.2) is 0 Å². The van der Waals surface area contributed by atoms with Crippen LogP contribution in [0, 0.1) is 5.92 Å². The van der Waals surface area contributed by atoms with E-state index in [-0.39, 0.29) is 17.9 Å². The molecule has 1 aromatic carbocycles. The molecule has 0 saturated carbocycles. The Morgan fingerprint density at radius 3 is 2.89 bits per heavy atom. The zero-order valence-corrected chi connectivity index (χ0v) is 11.4. The molecule has 2 rings (SSSR count). The minimum atomic E-state index is -0.289.